The van der Waals surface area contributed by atoms with Crippen LogP contribution < -0.4 is 10.6 Å². The Morgan fingerprint density at radius 3 is 2.16 bits per heavy atom. The Morgan fingerprint density at radius 1 is 1.00 bits per heavy atom. The number of nitrogens with one attached hydrogen (secondary N) is 2. The van der Waals surface area contributed by atoms with Gasteiger partial charge in [-0.2, -0.15) is 0 Å². The van der Waals surface area contributed by atoms with Crippen molar-refractivity contribution in [2.45, 2.75) is 36.4 Å². The van der Waals surface area contributed by atoms with Crippen molar-refractivity contribution in [2.75, 3.05) is 19.4 Å². The van der Waals surface area contributed by atoms with E-state index in [0.717, 1.165) is 9.87 Å². The Balaban J connectivity index is 1.90. The number of sulfonamides is 1. The average molecular weight is 466 g/mol. The molecule has 31 heavy (non-hydrogen) atoms. The predicted octanol–water partition coefficient (Wildman–Crippen LogP) is 2.12. The smallest absolute Gasteiger partial charge is 0.247 e. The fourth-order valence-corrected chi connectivity index (χ4v) is 4.88. The molecule has 2 unspecified atom stereocenters. The number of hydrogen-bond acceptors (Lipinski definition) is 7. The van der Waals surface area contributed by atoms with E-state index in [4.69, 9.17) is 11.6 Å². The van der Waals surface area contributed by atoms with Gasteiger partial charge in [-0.05, 0) is 31.5 Å². The van der Waals surface area contributed by atoms with Gasteiger partial charge in [-0.1, -0.05) is 41.9 Å². The fraction of sp³-hybridized carbons (Fsp3) is 0.333. The highest BCUT2D eigenvalue weighted by molar-refractivity contribution is 7.89. The van der Waals surface area contributed by atoms with Gasteiger partial charge < -0.3 is 10.4 Å². The number of hydrogen-bond donors (Lipinski definition) is 3. The molecule has 166 valence electrons. The Labute approximate surface area is 186 Å². The van der Waals surface area contributed by atoms with E-state index in [1.54, 1.807) is 0 Å². The highest BCUT2D eigenvalue weighted by Gasteiger charge is 2.51. The van der Waals surface area contributed by atoms with Crippen molar-refractivity contribution in [3.05, 3.63) is 53.1 Å². The minimum absolute atomic E-state index is 0.0139. The van der Waals surface area contributed by atoms with Crippen molar-refractivity contribution < 1.29 is 23.1 Å². The second kappa shape index (κ2) is 8.23. The number of ketones is 2. The maximum Gasteiger partial charge on any atom is 0.247 e. The van der Waals surface area contributed by atoms with Crippen LogP contribution in [0.25, 0.3) is 0 Å². The van der Waals surface area contributed by atoms with Gasteiger partial charge in [-0.3, -0.25) is 14.9 Å². The Hall–Kier alpha value is -2.46. The number of phenols is 1. The summed E-state index contributed by atoms with van der Waals surface area (Å²) in [5.41, 5.74) is 0.290. The van der Waals surface area contributed by atoms with Crippen LogP contribution in [0, 0.1) is 0 Å². The van der Waals surface area contributed by atoms with Crippen molar-refractivity contribution in [1.29, 1.82) is 0 Å². The van der Waals surface area contributed by atoms with Crippen LogP contribution in [0.2, 0.25) is 5.02 Å². The van der Waals surface area contributed by atoms with E-state index >= 15 is 0 Å². The topological polar surface area (TPSA) is 116 Å². The van der Waals surface area contributed by atoms with E-state index in [9.17, 15) is 23.1 Å². The first kappa shape index (κ1) is 23.2. The minimum Gasteiger partial charge on any atom is -0.504 e. The molecular formula is C21H24ClN3O5S. The van der Waals surface area contributed by atoms with E-state index in [0.29, 0.717) is 0 Å². The number of phenolic OH excluding ortho intramolecular Hbond substituents is 1. The molecule has 0 aliphatic heterocycles. The summed E-state index contributed by atoms with van der Waals surface area (Å²) in [7, 11) is -1.42. The Kier molecular flexibility index (Phi) is 6.16. The van der Waals surface area contributed by atoms with Gasteiger partial charge in [0.15, 0.2) is 5.75 Å². The van der Waals surface area contributed by atoms with Gasteiger partial charge in [0.25, 0.3) is 0 Å². The zero-order valence-electron chi connectivity index (χ0n) is 17.5. The maximum atomic E-state index is 12.5. The van der Waals surface area contributed by atoms with Crippen LogP contribution in [0.4, 0.5) is 5.69 Å². The summed E-state index contributed by atoms with van der Waals surface area (Å²) in [6.07, 6.45) is 0. The lowest BCUT2D eigenvalue weighted by molar-refractivity contribution is -0.146. The summed E-state index contributed by atoms with van der Waals surface area (Å²) in [6.45, 7) is 3.77. The molecule has 1 saturated carbocycles. The molecule has 1 aliphatic carbocycles. The lowest BCUT2D eigenvalue weighted by Crippen LogP contribution is -2.69. The van der Waals surface area contributed by atoms with Gasteiger partial charge in [0.05, 0.1) is 10.7 Å². The highest BCUT2D eigenvalue weighted by atomic mass is 35.5. The standard InChI is InChI=1S/C21H24ClN3O5S/c1-21(2,12-8-6-5-7-9-12)24-16-15(18(27)19(16)28)23-14-11-10-13(22)20(17(14)26)31(29,30)25(3)4/h5-11,15-16,23-24,26H,1-4H3. The predicted molar refractivity (Wildman–Crippen MR) is 118 cm³/mol. The molecule has 0 heterocycles. The molecule has 3 N–H and O–H groups in total. The largest absolute Gasteiger partial charge is 0.504 e. The first-order valence-electron chi connectivity index (χ1n) is 9.49. The van der Waals surface area contributed by atoms with Gasteiger partial charge in [-0.15, -0.1) is 0 Å². The number of Topliss-reactive ketones (excluding diaryl/α,β-unsaturated/α-hetero) is 2. The quantitative estimate of drug-likeness (QED) is 0.423. The van der Waals surface area contributed by atoms with Gasteiger partial charge in [0, 0.05) is 19.6 Å². The molecule has 0 saturated heterocycles. The SMILES string of the molecule is CN(C)S(=O)(=O)c1c(Cl)ccc(NC2C(=O)C(=O)C2NC(C)(C)c2ccccc2)c1O. The third kappa shape index (κ3) is 4.18. The molecule has 10 heteroatoms. The van der Waals surface area contributed by atoms with Crippen LogP contribution >= 0.6 is 11.6 Å². The van der Waals surface area contributed by atoms with E-state index in [2.05, 4.69) is 10.6 Å². The van der Waals surface area contributed by atoms with Crippen LogP contribution in [0.5, 0.6) is 5.75 Å². The van der Waals surface area contributed by atoms with E-state index < -0.39 is 49.9 Å². The molecule has 0 aromatic heterocycles. The lowest BCUT2D eigenvalue weighted by atomic mass is 9.80. The van der Waals surface area contributed by atoms with Gasteiger partial charge in [0.1, 0.15) is 17.0 Å². The number of carbonyl (C=O) groups excluding carboxylic acids is 2. The van der Waals surface area contributed by atoms with Crippen LogP contribution in [0.1, 0.15) is 19.4 Å². The molecule has 0 bridgehead atoms. The summed E-state index contributed by atoms with van der Waals surface area (Å²) in [6, 6.07) is 10.3. The van der Waals surface area contributed by atoms with Crippen molar-refractivity contribution in [1.82, 2.24) is 9.62 Å². The van der Waals surface area contributed by atoms with Crippen molar-refractivity contribution >= 4 is 38.9 Å². The number of aromatic hydroxyl groups is 1. The summed E-state index contributed by atoms with van der Waals surface area (Å²) >= 11 is 6.02. The zero-order valence-corrected chi connectivity index (χ0v) is 19.1. The molecule has 8 nitrogen and oxygen atoms in total. The maximum absolute atomic E-state index is 12.5. The molecule has 3 rings (SSSR count). The molecule has 2 aromatic rings. The lowest BCUT2D eigenvalue weighted by Gasteiger charge is -2.40. The van der Waals surface area contributed by atoms with Crippen molar-refractivity contribution in [3.8, 4) is 5.75 Å². The van der Waals surface area contributed by atoms with Crippen molar-refractivity contribution in [3.63, 3.8) is 0 Å². The second-order valence-corrected chi connectivity index (χ2v) is 10.5. The second-order valence-electron chi connectivity index (χ2n) is 8.02. The van der Waals surface area contributed by atoms with Crippen LogP contribution in [-0.2, 0) is 25.2 Å². The number of anilines is 1. The van der Waals surface area contributed by atoms with E-state index in [1.807, 2.05) is 44.2 Å². The van der Waals surface area contributed by atoms with Crippen LogP contribution in [-0.4, -0.2) is 55.6 Å². The van der Waals surface area contributed by atoms with Gasteiger partial charge >= 0.3 is 0 Å². The molecule has 2 atom stereocenters. The number of rotatable bonds is 7. The van der Waals surface area contributed by atoms with E-state index in [-0.39, 0.29) is 10.7 Å². The normalized spacial score (nSPS) is 19.4. The first-order chi connectivity index (χ1) is 14.4. The summed E-state index contributed by atoms with van der Waals surface area (Å²) in [5, 5.41) is 16.4. The molecule has 1 aliphatic rings. The average Bonchev–Trinajstić information content (AvgIpc) is 2.72. The van der Waals surface area contributed by atoms with Crippen molar-refractivity contribution in [2.24, 2.45) is 0 Å². The summed E-state index contributed by atoms with van der Waals surface area (Å²) in [5.74, 6) is -1.86. The van der Waals surface area contributed by atoms with Gasteiger partial charge in [0.2, 0.25) is 21.6 Å². The van der Waals surface area contributed by atoms with Gasteiger partial charge in [-0.25, -0.2) is 12.7 Å². The Morgan fingerprint density at radius 2 is 1.58 bits per heavy atom. The third-order valence-electron chi connectivity index (χ3n) is 5.29. The number of halogens is 1. The van der Waals surface area contributed by atoms with E-state index in [1.165, 1.54) is 26.2 Å². The molecule has 0 radical (unpaired) electrons. The molecule has 0 spiro atoms. The summed E-state index contributed by atoms with van der Waals surface area (Å²) in [4.78, 5) is 24.1. The number of benzene rings is 2. The number of nitrogens with zero attached hydrogens (tertiary/aromatic N) is 1. The first-order valence-corrected chi connectivity index (χ1v) is 11.3. The third-order valence-corrected chi connectivity index (χ3v) is 7.60. The Bertz CT molecular complexity index is 1130. The molecular weight excluding hydrogens is 442 g/mol. The summed E-state index contributed by atoms with van der Waals surface area (Å²) < 4.78 is 26.0. The monoisotopic (exact) mass is 465 g/mol. The van der Waals surface area contributed by atoms with Crippen LogP contribution in [0.15, 0.2) is 47.4 Å². The fourth-order valence-electron chi connectivity index (χ4n) is 3.40. The molecule has 1 fully saturated rings. The highest BCUT2D eigenvalue weighted by Crippen LogP contribution is 2.39. The number of carbonyl (C=O) groups is 2. The molecule has 0 amide bonds. The van der Waals surface area contributed by atoms with Crippen LogP contribution in [0.3, 0.4) is 0 Å². The minimum atomic E-state index is -4.04. The zero-order chi connectivity index (χ0) is 23.1. The molecule has 2 aromatic carbocycles.